The van der Waals surface area contributed by atoms with Gasteiger partial charge in [0.2, 0.25) is 0 Å². The summed E-state index contributed by atoms with van der Waals surface area (Å²) < 4.78 is 0. The van der Waals surface area contributed by atoms with Gasteiger partial charge in [0.25, 0.3) is 0 Å². The summed E-state index contributed by atoms with van der Waals surface area (Å²) in [6, 6.07) is 1.75. The van der Waals surface area contributed by atoms with Gasteiger partial charge in [-0.1, -0.05) is 42.5 Å². The van der Waals surface area contributed by atoms with E-state index in [1.54, 1.807) is 12.3 Å². The lowest BCUT2D eigenvalue weighted by Gasteiger charge is -2.29. The molecule has 1 aromatic heterocycles. The molecule has 1 fully saturated rings. The number of aromatic nitrogens is 1. The van der Waals surface area contributed by atoms with E-state index in [0.29, 0.717) is 16.0 Å². The molecule has 1 heterocycles. The second-order valence-electron chi connectivity index (χ2n) is 4.56. The summed E-state index contributed by atoms with van der Waals surface area (Å²) in [6.07, 6.45) is 7.80. The number of pyridine rings is 1. The van der Waals surface area contributed by atoms with Crippen LogP contribution >= 0.6 is 23.2 Å². The van der Waals surface area contributed by atoms with Gasteiger partial charge in [-0.25, -0.2) is 0 Å². The van der Waals surface area contributed by atoms with Crippen molar-refractivity contribution < 1.29 is 0 Å². The van der Waals surface area contributed by atoms with Crippen LogP contribution < -0.4 is 11.3 Å². The highest BCUT2D eigenvalue weighted by atomic mass is 35.5. The highest BCUT2D eigenvalue weighted by Crippen LogP contribution is 2.36. The number of nitrogens with two attached hydrogens (primary N) is 1. The number of rotatable bonds is 3. The van der Waals surface area contributed by atoms with Gasteiger partial charge in [0.15, 0.2) is 0 Å². The molecule has 17 heavy (non-hydrogen) atoms. The number of hydrogen-bond acceptors (Lipinski definition) is 3. The highest BCUT2D eigenvalue weighted by Gasteiger charge is 2.26. The lowest BCUT2D eigenvalue weighted by Crippen LogP contribution is -2.35. The molecule has 94 valence electrons. The van der Waals surface area contributed by atoms with E-state index >= 15 is 0 Å². The molecule has 0 spiro atoms. The second kappa shape index (κ2) is 6.01. The van der Waals surface area contributed by atoms with Crippen molar-refractivity contribution in [3.63, 3.8) is 0 Å². The molecular formula is C12H17Cl2N3. The van der Waals surface area contributed by atoms with Crippen molar-refractivity contribution in [1.82, 2.24) is 10.4 Å². The van der Waals surface area contributed by atoms with E-state index in [1.807, 2.05) is 0 Å². The zero-order chi connectivity index (χ0) is 12.3. The molecule has 1 atom stereocenters. The SMILES string of the molecule is NNC(c1ncc(Cl)cc1Cl)C1CCCCC1. The van der Waals surface area contributed by atoms with Crippen LogP contribution in [0.2, 0.25) is 10.0 Å². The first-order valence-electron chi connectivity index (χ1n) is 5.99. The zero-order valence-electron chi connectivity index (χ0n) is 9.63. The predicted octanol–water partition coefficient (Wildman–Crippen LogP) is 3.47. The zero-order valence-corrected chi connectivity index (χ0v) is 11.1. The molecule has 0 amide bonds. The first-order valence-corrected chi connectivity index (χ1v) is 6.75. The van der Waals surface area contributed by atoms with Crippen LogP contribution in [0.15, 0.2) is 12.3 Å². The van der Waals surface area contributed by atoms with Crippen LogP contribution in [0.5, 0.6) is 0 Å². The van der Waals surface area contributed by atoms with Crippen molar-refractivity contribution in [2.24, 2.45) is 11.8 Å². The van der Waals surface area contributed by atoms with Crippen LogP contribution in [0.4, 0.5) is 0 Å². The van der Waals surface area contributed by atoms with Gasteiger partial charge in [0, 0.05) is 6.20 Å². The molecule has 2 rings (SSSR count). The average molecular weight is 274 g/mol. The fourth-order valence-electron chi connectivity index (χ4n) is 2.56. The minimum Gasteiger partial charge on any atom is -0.271 e. The van der Waals surface area contributed by atoms with Gasteiger partial charge in [-0.2, -0.15) is 0 Å². The summed E-state index contributed by atoms with van der Waals surface area (Å²) in [5.41, 5.74) is 3.67. The van der Waals surface area contributed by atoms with E-state index < -0.39 is 0 Å². The van der Waals surface area contributed by atoms with Gasteiger partial charge < -0.3 is 0 Å². The van der Waals surface area contributed by atoms with Gasteiger partial charge in [0.05, 0.1) is 21.8 Å². The first-order chi connectivity index (χ1) is 8.22. The fraction of sp³-hybridized carbons (Fsp3) is 0.583. The Morgan fingerprint density at radius 3 is 2.59 bits per heavy atom. The molecule has 1 aliphatic carbocycles. The van der Waals surface area contributed by atoms with Gasteiger partial charge in [-0.15, -0.1) is 0 Å². The van der Waals surface area contributed by atoms with E-state index in [0.717, 1.165) is 5.69 Å². The maximum atomic E-state index is 6.18. The largest absolute Gasteiger partial charge is 0.271 e. The third-order valence-corrected chi connectivity index (χ3v) is 3.94. The quantitative estimate of drug-likeness (QED) is 0.655. The fourth-order valence-corrected chi connectivity index (χ4v) is 3.06. The van der Waals surface area contributed by atoms with Crippen molar-refractivity contribution >= 4 is 23.2 Å². The molecule has 3 N–H and O–H groups in total. The molecule has 1 unspecified atom stereocenters. The third kappa shape index (κ3) is 3.10. The molecule has 0 bridgehead atoms. The van der Waals surface area contributed by atoms with Crippen LogP contribution in [-0.4, -0.2) is 4.98 Å². The van der Waals surface area contributed by atoms with Gasteiger partial charge >= 0.3 is 0 Å². The summed E-state index contributed by atoms with van der Waals surface area (Å²) in [4.78, 5) is 4.32. The summed E-state index contributed by atoms with van der Waals surface area (Å²) in [6.45, 7) is 0. The molecule has 1 saturated carbocycles. The molecule has 0 radical (unpaired) electrons. The van der Waals surface area contributed by atoms with Crippen molar-refractivity contribution in [1.29, 1.82) is 0 Å². The molecule has 0 saturated heterocycles. The van der Waals surface area contributed by atoms with E-state index in [-0.39, 0.29) is 6.04 Å². The summed E-state index contributed by atoms with van der Waals surface area (Å²) in [5.74, 6) is 6.17. The molecule has 3 nitrogen and oxygen atoms in total. The normalized spacial score (nSPS) is 19.2. The Hall–Kier alpha value is -0.350. The number of halogens is 2. The number of hydrazine groups is 1. The Labute approximate surface area is 112 Å². The Balaban J connectivity index is 2.21. The molecule has 1 aliphatic rings. The molecule has 5 heteroatoms. The van der Waals surface area contributed by atoms with Crippen molar-refractivity contribution in [3.05, 3.63) is 28.0 Å². The van der Waals surface area contributed by atoms with E-state index in [9.17, 15) is 0 Å². The van der Waals surface area contributed by atoms with Gasteiger partial charge in [-0.05, 0) is 24.8 Å². The van der Waals surface area contributed by atoms with Crippen LogP contribution in [-0.2, 0) is 0 Å². The van der Waals surface area contributed by atoms with Crippen molar-refractivity contribution in [2.75, 3.05) is 0 Å². The Kier molecular flexibility index (Phi) is 4.62. The predicted molar refractivity (Wildman–Crippen MR) is 70.9 cm³/mol. The van der Waals surface area contributed by atoms with E-state index in [4.69, 9.17) is 29.0 Å². The van der Waals surface area contributed by atoms with E-state index in [1.165, 1.54) is 32.1 Å². The van der Waals surface area contributed by atoms with Gasteiger partial charge in [-0.3, -0.25) is 16.3 Å². The summed E-state index contributed by atoms with van der Waals surface area (Å²) in [7, 11) is 0. The molecule has 1 aromatic rings. The summed E-state index contributed by atoms with van der Waals surface area (Å²) in [5, 5.41) is 1.14. The monoisotopic (exact) mass is 273 g/mol. The maximum absolute atomic E-state index is 6.18. The lowest BCUT2D eigenvalue weighted by atomic mass is 9.83. The van der Waals surface area contributed by atoms with Crippen molar-refractivity contribution in [2.45, 2.75) is 38.1 Å². The minimum absolute atomic E-state index is 0.0278. The van der Waals surface area contributed by atoms with Crippen LogP contribution in [0, 0.1) is 5.92 Å². The molecular weight excluding hydrogens is 257 g/mol. The number of nitrogens with one attached hydrogen (secondary N) is 1. The van der Waals surface area contributed by atoms with E-state index in [2.05, 4.69) is 10.4 Å². The topological polar surface area (TPSA) is 50.9 Å². The van der Waals surface area contributed by atoms with Crippen LogP contribution in [0.1, 0.15) is 43.8 Å². The highest BCUT2D eigenvalue weighted by molar-refractivity contribution is 6.34. The maximum Gasteiger partial charge on any atom is 0.0776 e. The van der Waals surface area contributed by atoms with Crippen molar-refractivity contribution in [3.8, 4) is 0 Å². The smallest absolute Gasteiger partial charge is 0.0776 e. The van der Waals surface area contributed by atoms with Crippen LogP contribution in [0.25, 0.3) is 0 Å². The average Bonchev–Trinajstić information content (AvgIpc) is 2.34. The Bertz CT molecular complexity index is 378. The lowest BCUT2D eigenvalue weighted by molar-refractivity contribution is 0.270. The Morgan fingerprint density at radius 1 is 1.29 bits per heavy atom. The number of hydrogen-bond donors (Lipinski definition) is 2. The first kappa shape index (κ1) is 13.1. The van der Waals surface area contributed by atoms with Gasteiger partial charge in [0.1, 0.15) is 0 Å². The molecule has 0 aliphatic heterocycles. The summed E-state index contributed by atoms with van der Waals surface area (Å²) >= 11 is 12.0. The number of nitrogens with zero attached hydrogens (tertiary/aromatic N) is 1. The Morgan fingerprint density at radius 2 is 2.00 bits per heavy atom. The third-order valence-electron chi connectivity index (χ3n) is 3.43. The minimum atomic E-state index is 0.0278. The second-order valence-corrected chi connectivity index (χ2v) is 5.41. The molecule has 0 aromatic carbocycles. The van der Waals surface area contributed by atoms with Crippen LogP contribution in [0.3, 0.4) is 0 Å². The standard InChI is InChI=1S/C12H17Cl2N3/c13-9-6-10(14)12(16-7-9)11(17-15)8-4-2-1-3-5-8/h6-8,11,17H,1-5,15H2.